The lowest BCUT2D eigenvalue weighted by atomic mass is 10.1. The minimum atomic E-state index is -0.448. The average molecular weight is 362 g/mol. The second-order valence-electron chi connectivity index (χ2n) is 6.59. The molecule has 0 bridgehead atoms. The third-order valence-corrected chi connectivity index (χ3v) is 5.69. The molecule has 1 aromatic heterocycles. The molecule has 0 spiro atoms. The second kappa shape index (κ2) is 7.49. The quantitative estimate of drug-likeness (QED) is 0.906. The van der Waals surface area contributed by atoms with E-state index in [1.165, 1.54) is 6.07 Å². The van der Waals surface area contributed by atoms with Gasteiger partial charge in [0.15, 0.2) is 5.13 Å². The van der Waals surface area contributed by atoms with E-state index in [9.17, 15) is 9.18 Å². The lowest BCUT2D eigenvalue weighted by molar-refractivity contribution is 0.102. The van der Waals surface area contributed by atoms with Crippen LogP contribution in [-0.2, 0) is 0 Å². The zero-order valence-corrected chi connectivity index (χ0v) is 15.6. The number of hydrogen-bond acceptors (Lipinski definition) is 5. The van der Waals surface area contributed by atoms with Crippen LogP contribution in [0.4, 0.5) is 15.2 Å². The molecule has 3 rings (SSSR count). The fraction of sp³-hybridized carbons (Fsp3) is 0.444. The van der Waals surface area contributed by atoms with Crippen molar-refractivity contribution < 1.29 is 9.18 Å². The summed E-state index contributed by atoms with van der Waals surface area (Å²) in [5.74, 6) is -0.623. The normalized spacial score (nSPS) is 15.6. The first-order chi connectivity index (χ1) is 12.0. The molecule has 5 nitrogen and oxygen atoms in total. The maximum absolute atomic E-state index is 13.8. The molecular weight excluding hydrogens is 339 g/mol. The van der Waals surface area contributed by atoms with Gasteiger partial charge in [-0.25, -0.2) is 9.37 Å². The number of amides is 1. The number of rotatable bonds is 4. The summed E-state index contributed by atoms with van der Waals surface area (Å²) in [7, 11) is 2.10. The van der Waals surface area contributed by atoms with Crippen molar-refractivity contribution in [2.75, 3.05) is 43.4 Å². The number of benzene rings is 1. The monoisotopic (exact) mass is 362 g/mol. The molecule has 0 aliphatic carbocycles. The molecule has 0 saturated carbocycles. The Labute approximate surface area is 151 Å². The van der Waals surface area contributed by atoms with Crippen LogP contribution in [0.1, 0.15) is 35.1 Å². The third-order valence-electron chi connectivity index (χ3n) is 4.28. The van der Waals surface area contributed by atoms with Gasteiger partial charge >= 0.3 is 0 Å². The van der Waals surface area contributed by atoms with Gasteiger partial charge in [-0.15, -0.1) is 11.3 Å². The van der Waals surface area contributed by atoms with Gasteiger partial charge in [0.05, 0.1) is 5.69 Å². The highest BCUT2D eigenvalue weighted by Crippen LogP contribution is 2.33. The fourth-order valence-electron chi connectivity index (χ4n) is 2.75. The number of piperazine rings is 1. The van der Waals surface area contributed by atoms with Gasteiger partial charge in [-0.05, 0) is 25.1 Å². The van der Waals surface area contributed by atoms with E-state index in [-0.39, 0.29) is 17.5 Å². The second-order valence-corrected chi connectivity index (χ2v) is 7.60. The Morgan fingerprint density at radius 3 is 2.56 bits per heavy atom. The van der Waals surface area contributed by atoms with Crippen LogP contribution in [0.3, 0.4) is 0 Å². The standard InChI is InChI=1S/C18H23FN4OS/c1-12(2)16-15(17(24)20-14-7-5-4-6-13(14)19)21-18(25-16)23-10-8-22(3)9-11-23/h4-7,12H,8-11H2,1-3H3,(H,20,24). The largest absolute Gasteiger partial charge is 0.346 e. The number of nitrogens with zero attached hydrogens (tertiary/aromatic N) is 3. The number of hydrogen-bond donors (Lipinski definition) is 1. The summed E-state index contributed by atoms with van der Waals surface area (Å²) in [6, 6.07) is 6.17. The molecule has 1 aliphatic heterocycles. The zero-order chi connectivity index (χ0) is 18.0. The Bertz CT molecular complexity index is 753. The van der Waals surface area contributed by atoms with Crippen LogP contribution >= 0.6 is 11.3 Å². The summed E-state index contributed by atoms with van der Waals surface area (Å²) in [5.41, 5.74) is 0.577. The predicted octanol–water partition coefficient (Wildman–Crippen LogP) is 3.41. The molecule has 1 aromatic carbocycles. The summed E-state index contributed by atoms with van der Waals surface area (Å²) in [5, 5.41) is 3.52. The fourth-order valence-corrected chi connectivity index (χ4v) is 3.87. The molecule has 2 aromatic rings. The minimum Gasteiger partial charge on any atom is -0.346 e. The highest BCUT2D eigenvalue weighted by molar-refractivity contribution is 7.16. The highest BCUT2D eigenvalue weighted by Gasteiger charge is 2.25. The number of nitrogens with one attached hydrogen (secondary N) is 1. The number of anilines is 2. The molecule has 134 valence electrons. The molecule has 0 unspecified atom stereocenters. The predicted molar refractivity (Wildman–Crippen MR) is 100 cm³/mol. The SMILES string of the molecule is CC(C)c1sc(N2CCN(C)CC2)nc1C(=O)Nc1ccccc1F. The first-order valence-electron chi connectivity index (χ1n) is 8.46. The highest BCUT2D eigenvalue weighted by atomic mass is 32.1. The van der Waals surface area contributed by atoms with Gasteiger partial charge in [0.2, 0.25) is 0 Å². The minimum absolute atomic E-state index is 0.177. The molecule has 25 heavy (non-hydrogen) atoms. The van der Waals surface area contributed by atoms with Gasteiger partial charge in [-0.3, -0.25) is 4.79 Å². The van der Waals surface area contributed by atoms with Crippen LogP contribution < -0.4 is 10.2 Å². The van der Waals surface area contributed by atoms with Gasteiger partial charge in [-0.2, -0.15) is 0 Å². The smallest absolute Gasteiger partial charge is 0.275 e. The molecule has 1 fully saturated rings. The van der Waals surface area contributed by atoms with Gasteiger partial charge in [0.1, 0.15) is 11.5 Å². The van der Waals surface area contributed by atoms with E-state index in [4.69, 9.17) is 0 Å². The molecule has 0 radical (unpaired) electrons. The van der Waals surface area contributed by atoms with E-state index in [0.29, 0.717) is 5.69 Å². The van der Waals surface area contributed by atoms with Crippen molar-refractivity contribution in [3.8, 4) is 0 Å². The topological polar surface area (TPSA) is 48.5 Å². The summed E-state index contributed by atoms with van der Waals surface area (Å²) in [4.78, 5) is 22.7. The van der Waals surface area contributed by atoms with Crippen molar-refractivity contribution in [2.45, 2.75) is 19.8 Å². The number of para-hydroxylation sites is 1. The molecular formula is C18H23FN4OS. The molecule has 2 heterocycles. The summed E-state index contributed by atoms with van der Waals surface area (Å²) < 4.78 is 13.8. The number of likely N-dealkylation sites (N-methyl/N-ethyl adjacent to an activating group) is 1. The maximum atomic E-state index is 13.8. The molecule has 7 heteroatoms. The Morgan fingerprint density at radius 1 is 1.24 bits per heavy atom. The van der Waals surface area contributed by atoms with E-state index in [1.807, 2.05) is 13.8 Å². The summed E-state index contributed by atoms with van der Waals surface area (Å²) >= 11 is 1.56. The van der Waals surface area contributed by atoms with Gasteiger partial charge in [0, 0.05) is 31.1 Å². The molecule has 1 N–H and O–H groups in total. The Kier molecular flexibility index (Phi) is 5.34. The number of thiazole rings is 1. The summed E-state index contributed by atoms with van der Waals surface area (Å²) in [6.07, 6.45) is 0. The number of carbonyl (C=O) groups is 1. The van der Waals surface area contributed by atoms with E-state index in [1.54, 1.807) is 29.5 Å². The van der Waals surface area contributed by atoms with Gasteiger partial charge in [-0.1, -0.05) is 26.0 Å². The molecule has 1 saturated heterocycles. The Morgan fingerprint density at radius 2 is 1.92 bits per heavy atom. The van der Waals surface area contributed by atoms with Gasteiger partial charge in [0.25, 0.3) is 5.91 Å². The van der Waals surface area contributed by atoms with Crippen LogP contribution in [-0.4, -0.2) is 49.0 Å². The van der Waals surface area contributed by atoms with Crippen molar-refractivity contribution in [1.29, 1.82) is 0 Å². The average Bonchev–Trinajstić information content (AvgIpc) is 3.03. The van der Waals surface area contributed by atoms with Crippen LogP contribution in [0.5, 0.6) is 0 Å². The lowest BCUT2D eigenvalue weighted by Crippen LogP contribution is -2.44. The van der Waals surface area contributed by atoms with Crippen molar-refractivity contribution >= 4 is 28.1 Å². The lowest BCUT2D eigenvalue weighted by Gasteiger charge is -2.32. The van der Waals surface area contributed by atoms with E-state index >= 15 is 0 Å². The van der Waals surface area contributed by atoms with Crippen molar-refractivity contribution in [3.05, 3.63) is 40.7 Å². The Hall–Kier alpha value is -1.99. The van der Waals surface area contributed by atoms with Crippen LogP contribution in [0.2, 0.25) is 0 Å². The van der Waals surface area contributed by atoms with Crippen molar-refractivity contribution in [2.24, 2.45) is 0 Å². The van der Waals surface area contributed by atoms with Crippen molar-refractivity contribution in [1.82, 2.24) is 9.88 Å². The molecule has 1 aliphatic rings. The number of aromatic nitrogens is 1. The number of carbonyl (C=O) groups excluding carboxylic acids is 1. The van der Waals surface area contributed by atoms with E-state index in [2.05, 4.69) is 27.1 Å². The van der Waals surface area contributed by atoms with Crippen molar-refractivity contribution in [3.63, 3.8) is 0 Å². The first kappa shape index (κ1) is 17.8. The zero-order valence-electron chi connectivity index (χ0n) is 14.8. The van der Waals surface area contributed by atoms with Crippen LogP contribution in [0.25, 0.3) is 0 Å². The van der Waals surface area contributed by atoms with E-state index in [0.717, 1.165) is 36.2 Å². The first-order valence-corrected chi connectivity index (χ1v) is 9.27. The maximum Gasteiger partial charge on any atom is 0.275 e. The number of halogens is 1. The Balaban J connectivity index is 1.84. The van der Waals surface area contributed by atoms with E-state index < -0.39 is 5.82 Å². The van der Waals surface area contributed by atoms with Crippen LogP contribution in [0.15, 0.2) is 24.3 Å². The summed E-state index contributed by atoms with van der Waals surface area (Å²) in [6.45, 7) is 7.84. The molecule has 0 atom stereocenters. The third kappa shape index (κ3) is 3.99. The molecule has 1 amide bonds. The van der Waals surface area contributed by atoms with Crippen LogP contribution in [0, 0.1) is 5.82 Å². The van der Waals surface area contributed by atoms with Gasteiger partial charge < -0.3 is 15.1 Å².